The van der Waals surface area contributed by atoms with Gasteiger partial charge in [-0.05, 0) is 61.3 Å². The van der Waals surface area contributed by atoms with E-state index in [0.717, 1.165) is 0 Å². The molecule has 0 aromatic heterocycles. The topological polar surface area (TPSA) is 316 Å². The number of ketones is 1. The number of carbonyl (C=O) groups excluding carboxylic acids is 6. The summed E-state index contributed by atoms with van der Waals surface area (Å²) in [5.41, 5.74) is 1.09. The van der Waals surface area contributed by atoms with Crippen molar-refractivity contribution in [1.29, 1.82) is 0 Å². The van der Waals surface area contributed by atoms with E-state index >= 15 is 0 Å². The van der Waals surface area contributed by atoms with Crippen LogP contribution in [0.3, 0.4) is 0 Å². The Kier molecular flexibility index (Phi) is 29.6. The number of anilines is 1. The van der Waals surface area contributed by atoms with Gasteiger partial charge in [-0.1, -0.05) is 39.3 Å². The molecule has 5 atom stereocenters. The van der Waals surface area contributed by atoms with Gasteiger partial charge in [0.05, 0.1) is 32.2 Å². The fourth-order valence-electron chi connectivity index (χ4n) is 8.26. The van der Waals surface area contributed by atoms with Crippen LogP contribution in [0.4, 0.5) is 10.5 Å². The second kappa shape index (κ2) is 33.5. The van der Waals surface area contributed by atoms with Crippen LogP contribution in [-0.4, -0.2) is 213 Å². The molecule has 25 heteroatoms. The van der Waals surface area contributed by atoms with Crippen molar-refractivity contribution in [1.82, 2.24) is 40.4 Å². The van der Waals surface area contributed by atoms with E-state index in [1.807, 2.05) is 18.1 Å². The molecule has 2 aliphatic rings. The van der Waals surface area contributed by atoms with Gasteiger partial charge in [0.1, 0.15) is 6.04 Å². The molecule has 1 unspecified atom stereocenters. The number of carboxylic acids is 4. The van der Waals surface area contributed by atoms with E-state index in [1.54, 1.807) is 52.8 Å². The molecule has 0 bridgehead atoms. The standard InChI is InChI=1S/C47H73N9O14S.Gd/c1-5-31(2)35(44(66)50-37(46(68)69)8-6-7-14-56-40(59)24-32(3)45(56)67)25-38(57)36(13-23-71-4)51-47(70)49-34-11-9-33(10-12-34)26-48-39(58)27-52-15-17-53(28-41(60)61)19-21-55(30-43(64)65)22-20-54(18-16-52)29-42(62)63;/h9-12,31-32,35-37H,5-8,13-30H2,1-4H3,(H,48,58)(H,50,66)(H,60,61)(H,62,63)(H,64,65)(H,68,69)(H2,49,51,70);/t31-,32?,35-,36-,37-;/m0./s1. The molecule has 1 aromatic carbocycles. The normalized spacial score (nSPS) is 18.3. The van der Waals surface area contributed by atoms with Crippen molar-refractivity contribution in [3.8, 4) is 0 Å². The first-order chi connectivity index (χ1) is 33.7. The molecule has 72 heavy (non-hydrogen) atoms. The van der Waals surface area contributed by atoms with Crippen molar-refractivity contribution in [2.24, 2.45) is 17.8 Å². The number of carbonyl (C=O) groups is 10. The van der Waals surface area contributed by atoms with Gasteiger partial charge < -0.3 is 41.7 Å². The number of aliphatic carboxylic acids is 4. The van der Waals surface area contributed by atoms with Crippen molar-refractivity contribution >= 4 is 76.8 Å². The van der Waals surface area contributed by atoms with Crippen molar-refractivity contribution in [2.75, 3.05) is 102 Å². The summed E-state index contributed by atoms with van der Waals surface area (Å²) in [6.45, 7) is 6.79. The van der Waals surface area contributed by atoms with Crippen LogP contribution in [-0.2, 0) is 49.7 Å². The number of hydrogen-bond acceptors (Lipinski definition) is 15. The Balaban J connectivity index is 0.0000178. The molecule has 0 aliphatic carbocycles. The summed E-state index contributed by atoms with van der Waals surface area (Å²) in [5, 5.41) is 49.2. The molecule has 0 spiro atoms. The Labute approximate surface area is 456 Å². The number of nitrogens with zero attached hydrogens (tertiary/aromatic N) is 5. The zero-order chi connectivity index (χ0) is 52.6. The maximum atomic E-state index is 13.8. The minimum Gasteiger partial charge on any atom is -0.480 e. The Morgan fingerprint density at radius 2 is 1.24 bits per heavy atom. The van der Waals surface area contributed by atoms with Gasteiger partial charge in [0.15, 0.2) is 5.78 Å². The fraction of sp³-hybridized carbons (Fsp3) is 0.660. The fourth-order valence-corrected chi connectivity index (χ4v) is 8.73. The molecule has 2 heterocycles. The van der Waals surface area contributed by atoms with Gasteiger partial charge in [-0.15, -0.1) is 0 Å². The number of amides is 6. The second-order valence-corrected chi connectivity index (χ2v) is 19.2. The van der Waals surface area contributed by atoms with Crippen LogP contribution >= 0.6 is 11.8 Å². The average molecular weight is 1180 g/mol. The van der Waals surface area contributed by atoms with E-state index in [0.29, 0.717) is 36.3 Å². The Bertz CT molecular complexity index is 1970. The summed E-state index contributed by atoms with van der Waals surface area (Å²) < 4.78 is 0. The first-order valence-electron chi connectivity index (χ1n) is 24.1. The number of thioether (sulfide) groups is 1. The Morgan fingerprint density at radius 1 is 0.722 bits per heavy atom. The van der Waals surface area contributed by atoms with Crippen molar-refractivity contribution in [3.63, 3.8) is 0 Å². The number of urea groups is 1. The maximum Gasteiger partial charge on any atom is 0.326 e. The van der Waals surface area contributed by atoms with Crippen LogP contribution < -0.4 is 21.3 Å². The zero-order valence-corrected chi connectivity index (χ0v) is 44.7. The third-order valence-corrected chi connectivity index (χ3v) is 13.3. The van der Waals surface area contributed by atoms with E-state index in [9.17, 15) is 68.4 Å². The van der Waals surface area contributed by atoms with Gasteiger partial charge in [-0.3, -0.25) is 62.9 Å². The van der Waals surface area contributed by atoms with E-state index in [2.05, 4.69) is 21.3 Å². The summed E-state index contributed by atoms with van der Waals surface area (Å²) in [6, 6.07) is 3.75. The molecule has 23 nitrogen and oxygen atoms in total. The zero-order valence-electron chi connectivity index (χ0n) is 41.6. The van der Waals surface area contributed by atoms with E-state index in [1.165, 1.54) is 16.7 Å². The van der Waals surface area contributed by atoms with Crippen molar-refractivity contribution in [3.05, 3.63) is 29.8 Å². The second-order valence-electron chi connectivity index (χ2n) is 18.2. The van der Waals surface area contributed by atoms with Crippen LogP contribution in [0.5, 0.6) is 0 Å². The summed E-state index contributed by atoms with van der Waals surface area (Å²) in [7, 11) is 0. The predicted octanol–water partition coefficient (Wildman–Crippen LogP) is 0.778. The molecular weight excluding hydrogens is 1100 g/mol. The molecule has 2 aliphatic heterocycles. The van der Waals surface area contributed by atoms with Gasteiger partial charge in [-0.2, -0.15) is 11.8 Å². The van der Waals surface area contributed by atoms with E-state index in [4.69, 9.17) is 0 Å². The molecule has 2 saturated heterocycles. The largest absolute Gasteiger partial charge is 0.480 e. The molecule has 8 N–H and O–H groups in total. The van der Waals surface area contributed by atoms with Crippen LogP contribution in [0.15, 0.2) is 24.3 Å². The van der Waals surface area contributed by atoms with E-state index in [-0.39, 0.29) is 187 Å². The SMILES string of the molecule is CC[C@H](C)[C@H](CC(=O)[C@H](CCSC)NC(=O)Nc1ccc(CNC(=O)CN2CCN(CC(=O)O)CCN(CC(=O)O)CCN(CC(=O)O)CC2)cc1)C(=O)N[C@@H](CCCCN1C(=O)CC(C)C1=O)C(=O)O.[Gd]. The van der Waals surface area contributed by atoms with Gasteiger partial charge in [0, 0.05) is 136 Å². The Morgan fingerprint density at radius 3 is 1.68 bits per heavy atom. The minimum absolute atomic E-state index is 0. The van der Waals surface area contributed by atoms with Crippen LogP contribution in [0, 0.1) is 57.7 Å². The van der Waals surface area contributed by atoms with Crippen molar-refractivity contribution < 1.29 is 108 Å². The quantitative estimate of drug-likeness (QED) is 0.0425. The first-order valence-corrected chi connectivity index (χ1v) is 25.5. The minimum atomic E-state index is -1.26. The molecule has 0 saturated carbocycles. The summed E-state index contributed by atoms with van der Waals surface area (Å²) in [6.07, 6.45) is 3.28. The predicted molar refractivity (Wildman–Crippen MR) is 262 cm³/mol. The van der Waals surface area contributed by atoms with Gasteiger partial charge >= 0.3 is 29.9 Å². The number of imide groups is 1. The molecular formula is C47H73GdN9O14S. The molecule has 2 fully saturated rings. The third kappa shape index (κ3) is 23.7. The number of benzene rings is 1. The van der Waals surface area contributed by atoms with Crippen LogP contribution in [0.2, 0.25) is 0 Å². The summed E-state index contributed by atoms with van der Waals surface area (Å²) in [4.78, 5) is 133. The molecule has 404 valence electrons. The first kappa shape index (κ1) is 63.8. The summed E-state index contributed by atoms with van der Waals surface area (Å²) in [5.74, 6) is -7.32. The van der Waals surface area contributed by atoms with E-state index < -0.39 is 59.6 Å². The number of likely N-dealkylation sites (tertiary alicyclic amines) is 1. The smallest absolute Gasteiger partial charge is 0.326 e. The number of nitrogens with one attached hydrogen (secondary N) is 4. The molecule has 3 rings (SSSR count). The maximum absolute atomic E-state index is 13.8. The van der Waals surface area contributed by atoms with Gasteiger partial charge in [0.2, 0.25) is 23.6 Å². The monoisotopic (exact) mass is 1180 g/mol. The number of carboxylic acid groups (broad SMARTS) is 4. The van der Waals surface area contributed by atoms with Crippen LogP contribution in [0.1, 0.15) is 71.3 Å². The van der Waals surface area contributed by atoms with Crippen molar-refractivity contribution in [2.45, 2.75) is 84.3 Å². The van der Waals surface area contributed by atoms with Crippen LogP contribution in [0.25, 0.3) is 0 Å². The molecule has 1 aromatic rings. The number of unbranched alkanes of at least 4 members (excludes halogenated alkanes) is 1. The number of Topliss-reactive ketones (excluding diaryl/α,β-unsaturated/α-hetero) is 1. The third-order valence-electron chi connectivity index (χ3n) is 12.7. The summed E-state index contributed by atoms with van der Waals surface area (Å²) >= 11 is 1.47. The van der Waals surface area contributed by atoms with Gasteiger partial charge in [-0.25, -0.2) is 9.59 Å². The molecule has 0 radical (unpaired) electrons. The average Bonchev–Trinajstić information content (AvgIpc) is 3.55. The molecule has 6 amide bonds. The van der Waals surface area contributed by atoms with Gasteiger partial charge in [0.25, 0.3) is 0 Å². The number of hydrogen-bond donors (Lipinski definition) is 8. The number of rotatable bonds is 28. The Hall–Kier alpha value is -4.37.